The normalized spacial score (nSPS) is 10.8. The minimum Gasteiger partial charge on any atom is -0.411 e. The predicted octanol–water partition coefficient (Wildman–Crippen LogP) is 2.21. The molecule has 0 aliphatic carbocycles. The van der Waals surface area contributed by atoms with Crippen molar-refractivity contribution in [3.05, 3.63) is 35.9 Å². The Bertz CT molecular complexity index is 858. The van der Waals surface area contributed by atoms with Crippen LogP contribution in [0.1, 0.15) is 11.4 Å². The molecule has 0 aliphatic heterocycles. The Morgan fingerprint density at radius 1 is 1.38 bits per heavy atom. The molecule has 0 saturated carbocycles. The molecule has 8 nitrogen and oxygen atoms in total. The van der Waals surface area contributed by atoms with Crippen LogP contribution >= 0.6 is 11.8 Å². The Morgan fingerprint density at radius 3 is 2.88 bits per heavy atom. The van der Waals surface area contributed by atoms with E-state index in [0.717, 1.165) is 22.6 Å². The average Bonchev–Trinajstić information content (AvgIpc) is 3.15. The van der Waals surface area contributed by atoms with Crippen molar-refractivity contribution in [2.45, 2.75) is 19.1 Å². The molecule has 0 atom stereocenters. The van der Waals surface area contributed by atoms with Crippen LogP contribution in [0, 0.1) is 13.8 Å². The maximum atomic E-state index is 12.1. The number of nitrogens with zero attached hydrogens (tertiary/aromatic N) is 5. The SMILES string of the molecule is Cc1nn(C)c(C)c1NC(=O)CSc1nnc(-c2cccnc2)o1. The zero-order valence-corrected chi connectivity index (χ0v) is 14.3. The van der Waals surface area contributed by atoms with Crippen LogP contribution < -0.4 is 5.32 Å². The molecule has 3 heterocycles. The van der Waals surface area contributed by atoms with Gasteiger partial charge in [0.15, 0.2) is 0 Å². The molecule has 24 heavy (non-hydrogen) atoms. The molecular formula is C15H16N6O2S. The first kappa shape index (κ1) is 16.2. The molecule has 0 aliphatic rings. The number of aromatic nitrogens is 5. The summed E-state index contributed by atoms with van der Waals surface area (Å²) in [6, 6.07) is 3.62. The standard InChI is InChI=1S/C15H16N6O2S/c1-9-13(10(2)21(3)20-9)17-12(22)8-24-15-19-18-14(23-15)11-5-4-6-16-7-11/h4-7H,8H2,1-3H3,(H,17,22). The number of pyridine rings is 1. The molecule has 3 rings (SSSR count). The first-order valence-corrected chi connectivity index (χ1v) is 8.20. The van der Waals surface area contributed by atoms with Crippen molar-refractivity contribution >= 4 is 23.4 Å². The van der Waals surface area contributed by atoms with Gasteiger partial charge in [0.2, 0.25) is 11.8 Å². The minimum atomic E-state index is -0.152. The lowest BCUT2D eigenvalue weighted by Gasteiger charge is -2.04. The topological polar surface area (TPSA) is 98.7 Å². The van der Waals surface area contributed by atoms with Gasteiger partial charge in [0, 0.05) is 19.4 Å². The number of nitrogens with one attached hydrogen (secondary N) is 1. The molecule has 0 bridgehead atoms. The molecule has 0 aromatic carbocycles. The van der Waals surface area contributed by atoms with Crippen molar-refractivity contribution < 1.29 is 9.21 Å². The molecule has 0 radical (unpaired) electrons. The highest BCUT2D eigenvalue weighted by molar-refractivity contribution is 7.99. The summed E-state index contributed by atoms with van der Waals surface area (Å²) in [5.41, 5.74) is 3.17. The van der Waals surface area contributed by atoms with Gasteiger partial charge in [-0.1, -0.05) is 11.8 Å². The molecule has 9 heteroatoms. The molecule has 0 unspecified atom stereocenters. The summed E-state index contributed by atoms with van der Waals surface area (Å²) in [6.45, 7) is 3.76. The first-order chi connectivity index (χ1) is 11.5. The van der Waals surface area contributed by atoms with Gasteiger partial charge in [-0.2, -0.15) is 5.10 Å². The number of carbonyl (C=O) groups is 1. The van der Waals surface area contributed by atoms with E-state index >= 15 is 0 Å². The van der Waals surface area contributed by atoms with Gasteiger partial charge in [-0.25, -0.2) is 0 Å². The third-order valence-corrected chi connectivity index (χ3v) is 4.23. The lowest BCUT2D eigenvalue weighted by molar-refractivity contribution is -0.113. The van der Waals surface area contributed by atoms with Crippen LogP contribution in [0.4, 0.5) is 5.69 Å². The minimum absolute atomic E-state index is 0.152. The molecule has 0 spiro atoms. The van der Waals surface area contributed by atoms with Crippen LogP contribution in [0.5, 0.6) is 0 Å². The number of amides is 1. The van der Waals surface area contributed by atoms with Crippen LogP contribution in [-0.2, 0) is 11.8 Å². The third kappa shape index (κ3) is 3.46. The summed E-state index contributed by atoms with van der Waals surface area (Å²) >= 11 is 1.18. The monoisotopic (exact) mass is 344 g/mol. The van der Waals surface area contributed by atoms with Gasteiger partial charge >= 0.3 is 0 Å². The molecule has 1 N–H and O–H groups in total. The Balaban J connectivity index is 1.60. The highest BCUT2D eigenvalue weighted by Gasteiger charge is 2.15. The summed E-state index contributed by atoms with van der Waals surface area (Å²) < 4.78 is 7.26. The summed E-state index contributed by atoms with van der Waals surface area (Å²) in [6.07, 6.45) is 3.31. The number of carbonyl (C=O) groups excluding carboxylic acids is 1. The maximum Gasteiger partial charge on any atom is 0.277 e. The summed E-state index contributed by atoms with van der Waals surface area (Å²) in [5, 5.41) is 15.4. The first-order valence-electron chi connectivity index (χ1n) is 7.21. The summed E-state index contributed by atoms with van der Waals surface area (Å²) in [4.78, 5) is 16.1. The highest BCUT2D eigenvalue weighted by atomic mass is 32.2. The Labute approximate surface area is 142 Å². The number of anilines is 1. The second-order valence-electron chi connectivity index (χ2n) is 5.12. The van der Waals surface area contributed by atoms with E-state index < -0.39 is 0 Å². The zero-order chi connectivity index (χ0) is 17.1. The lowest BCUT2D eigenvalue weighted by Crippen LogP contribution is -2.15. The molecular weight excluding hydrogens is 328 g/mol. The van der Waals surface area contributed by atoms with Gasteiger partial charge in [-0.05, 0) is 26.0 Å². The van der Waals surface area contributed by atoms with E-state index in [1.807, 2.05) is 27.0 Å². The third-order valence-electron chi connectivity index (χ3n) is 3.42. The van der Waals surface area contributed by atoms with Gasteiger partial charge in [0.05, 0.1) is 28.4 Å². The van der Waals surface area contributed by atoms with E-state index in [1.165, 1.54) is 11.8 Å². The van der Waals surface area contributed by atoms with Crippen molar-refractivity contribution in [1.82, 2.24) is 25.0 Å². The fourth-order valence-electron chi connectivity index (χ4n) is 2.13. The zero-order valence-electron chi connectivity index (χ0n) is 13.5. The van der Waals surface area contributed by atoms with Crippen LogP contribution in [0.2, 0.25) is 0 Å². The fourth-order valence-corrected chi connectivity index (χ4v) is 2.69. The highest BCUT2D eigenvalue weighted by Crippen LogP contribution is 2.23. The van der Waals surface area contributed by atoms with E-state index in [9.17, 15) is 4.79 Å². The van der Waals surface area contributed by atoms with Gasteiger partial charge < -0.3 is 9.73 Å². The molecule has 3 aromatic rings. The molecule has 3 aromatic heterocycles. The quantitative estimate of drug-likeness (QED) is 0.708. The van der Waals surface area contributed by atoms with E-state index in [4.69, 9.17) is 4.42 Å². The maximum absolute atomic E-state index is 12.1. The Hall–Kier alpha value is -2.68. The van der Waals surface area contributed by atoms with Gasteiger partial charge in [0.25, 0.3) is 5.22 Å². The second kappa shape index (κ2) is 6.83. The van der Waals surface area contributed by atoms with Crippen molar-refractivity contribution in [2.24, 2.45) is 7.05 Å². The van der Waals surface area contributed by atoms with Crippen LogP contribution in [0.15, 0.2) is 34.2 Å². The van der Waals surface area contributed by atoms with Crippen molar-refractivity contribution in [2.75, 3.05) is 11.1 Å². The van der Waals surface area contributed by atoms with E-state index in [2.05, 4.69) is 25.6 Å². The second-order valence-corrected chi connectivity index (χ2v) is 6.05. The van der Waals surface area contributed by atoms with Crippen LogP contribution in [-0.4, -0.2) is 36.6 Å². The fraction of sp³-hybridized carbons (Fsp3) is 0.267. The number of hydrogen-bond acceptors (Lipinski definition) is 7. The molecule has 1 amide bonds. The van der Waals surface area contributed by atoms with Gasteiger partial charge in [-0.3, -0.25) is 14.5 Å². The molecule has 0 saturated heterocycles. The lowest BCUT2D eigenvalue weighted by atomic mass is 10.3. The Kier molecular flexibility index (Phi) is 4.61. The van der Waals surface area contributed by atoms with Crippen molar-refractivity contribution in [3.63, 3.8) is 0 Å². The molecule has 124 valence electrons. The van der Waals surface area contributed by atoms with Crippen LogP contribution in [0.3, 0.4) is 0 Å². The number of thioether (sulfide) groups is 1. The Morgan fingerprint density at radius 2 is 2.21 bits per heavy atom. The largest absolute Gasteiger partial charge is 0.411 e. The predicted molar refractivity (Wildman–Crippen MR) is 89.6 cm³/mol. The number of aryl methyl sites for hydroxylation is 2. The number of hydrogen-bond donors (Lipinski definition) is 1. The summed E-state index contributed by atoms with van der Waals surface area (Å²) in [5.74, 6) is 0.396. The van der Waals surface area contributed by atoms with E-state index in [1.54, 1.807) is 23.1 Å². The van der Waals surface area contributed by atoms with Crippen molar-refractivity contribution in [3.8, 4) is 11.5 Å². The average molecular weight is 344 g/mol. The summed E-state index contributed by atoms with van der Waals surface area (Å²) in [7, 11) is 1.84. The van der Waals surface area contributed by atoms with Crippen molar-refractivity contribution in [1.29, 1.82) is 0 Å². The van der Waals surface area contributed by atoms with Crippen LogP contribution in [0.25, 0.3) is 11.5 Å². The van der Waals surface area contributed by atoms with Gasteiger partial charge in [0.1, 0.15) is 0 Å². The number of rotatable bonds is 5. The smallest absolute Gasteiger partial charge is 0.277 e. The van der Waals surface area contributed by atoms with Gasteiger partial charge in [-0.15, -0.1) is 10.2 Å². The van der Waals surface area contributed by atoms with E-state index in [0.29, 0.717) is 11.1 Å². The van der Waals surface area contributed by atoms with E-state index in [-0.39, 0.29) is 11.7 Å². The molecule has 0 fully saturated rings.